The molecule has 1 unspecified atom stereocenters. The fourth-order valence-electron chi connectivity index (χ4n) is 2.41. The number of hydrogen-bond acceptors (Lipinski definition) is 3. The van der Waals surface area contributed by atoms with Gasteiger partial charge in [-0.1, -0.05) is 54.6 Å². The van der Waals surface area contributed by atoms with Crippen molar-refractivity contribution in [3.05, 3.63) is 78.1 Å². The molecule has 1 heterocycles. The van der Waals surface area contributed by atoms with Crippen LogP contribution in [-0.2, 0) is 11.3 Å². The minimum atomic E-state index is -0.783. The van der Waals surface area contributed by atoms with Gasteiger partial charge in [0.2, 0.25) is 5.91 Å². The van der Waals surface area contributed by atoms with Gasteiger partial charge in [-0.25, -0.2) is 0 Å². The third-order valence-corrected chi connectivity index (χ3v) is 3.59. The van der Waals surface area contributed by atoms with E-state index in [0.717, 1.165) is 16.3 Å². The highest BCUT2D eigenvalue weighted by atomic mass is 16.2. The number of benzene rings is 2. The fourth-order valence-corrected chi connectivity index (χ4v) is 2.41. The molecule has 2 aromatic carbocycles. The highest BCUT2D eigenvalue weighted by molar-refractivity contribution is 5.91. The van der Waals surface area contributed by atoms with Crippen LogP contribution in [-0.4, -0.2) is 10.9 Å². The molecule has 1 amide bonds. The molecule has 1 atom stereocenters. The van der Waals surface area contributed by atoms with Gasteiger partial charge in [-0.3, -0.25) is 9.78 Å². The number of rotatable bonds is 4. The normalized spacial score (nSPS) is 12.0. The first-order valence-electron chi connectivity index (χ1n) is 7.16. The van der Waals surface area contributed by atoms with Crippen LogP contribution in [0.25, 0.3) is 10.8 Å². The maximum absolute atomic E-state index is 12.3. The van der Waals surface area contributed by atoms with E-state index in [0.29, 0.717) is 12.2 Å². The molecule has 4 nitrogen and oxygen atoms in total. The largest absolute Gasteiger partial charge is 0.350 e. The molecule has 0 spiro atoms. The van der Waals surface area contributed by atoms with Gasteiger partial charge in [-0.05, 0) is 17.0 Å². The Bertz CT molecular complexity index is 781. The highest BCUT2D eigenvalue weighted by Gasteiger charge is 2.19. The molecule has 0 aliphatic carbocycles. The number of pyridine rings is 1. The molecule has 0 saturated heterocycles. The van der Waals surface area contributed by atoms with Gasteiger partial charge >= 0.3 is 0 Å². The van der Waals surface area contributed by atoms with E-state index in [9.17, 15) is 4.79 Å². The summed E-state index contributed by atoms with van der Waals surface area (Å²) in [6.07, 6.45) is 1.68. The van der Waals surface area contributed by atoms with E-state index >= 15 is 0 Å². The second kappa shape index (κ2) is 6.37. The van der Waals surface area contributed by atoms with E-state index in [1.165, 1.54) is 0 Å². The van der Waals surface area contributed by atoms with Crippen molar-refractivity contribution in [2.75, 3.05) is 0 Å². The van der Waals surface area contributed by atoms with Gasteiger partial charge in [0, 0.05) is 18.1 Å². The first-order valence-corrected chi connectivity index (χ1v) is 7.16. The molecule has 0 bridgehead atoms. The third kappa shape index (κ3) is 2.97. The maximum Gasteiger partial charge on any atom is 0.243 e. The molecule has 3 rings (SSSR count). The molecule has 0 saturated carbocycles. The van der Waals surface area contributed by atoms with Crippen molar-refractivity contribution in [3.63, 3.8) is 0 Å². The monoisotopic (exact) mass is 291 g/mol. The van der Waals surface area contributed by atoms with Crippen molar-refractivity contribution in [2.45, 2.75) is 12.6 Å². The van der Waals surface area contributed by atoms with Gasteiger partial charge in [-0.2, -0.15) is 0 Å². The number of carbonyl (C=O) groups excluding carboxylic acids is 1. The Labute approximate surface area is 129 Å². The fraction of sp³-hybridized carbons (Fsp3) is 0.111. The molecular formula is C18H17N3O. The Kier molecular flexibility index (Phi) is 4.12. The van der Waals surface area contributed by atoms with E-state index in [1.807, 2.05) is 60.7 Å². The van der Waals surface area contributed by atoms with Crippen LogP contribution in [0.15, 0.2) is 66.9 Å². The number of hydrogen-bond donors (Lipinski definition) is 2. The van der Waals surface area contributed by atoms with Gasteiger partial charge in [0.05, 0.1) is 5.69 Å². The van der Waals surface area contributed by atoms with Gasteiger partial charge < -0.3 is 11.1 Å². The topological polar surface area (TPSA) is 68.0 Å². The summed E-state index contributed by atoms with van der Waals surface area (Å²) in [4.78, 5) is 16.6. The molecule has 3 aromatic rings. The zero-order chi connectivity index (χ0) is 15.4. The van der Waals surface area contributed by atoms with Gasteiger partial charge in [0.1, 0.15) is 6.04 Å². The van der Waals surface area contributed by atoms with Crippen LogP contribution in [0.3, 0.4) is 0 Å². The summed E-state index contributed by atoms with van der Waals surface area (Å²) >= 11 is 0. The molecule has 0 radical (unpaired) electrons. The Morgan fingerprint density at radius 2 is 1.77 bits per heavy atom. The minimum absolute atomic E-state index is 0.229. The van der Waals surface area contributed by atoms with Crippen LogP contribution in [0.5, 0.6) is 0 Å². The zero-order valence-corrected chi connectivity index (χ0v) is 12.1. The number of fused-ring (bicyclic) bond motifs is 1. The lowest BCUT2D eigenvalue weighted by Crippen LogP contribution is -2.34. The Morgan fingerprint density at radius 3 is 2.59 bits per heavy atom. The number of amides is 1. The lowest BCUT2D eigenvalue weighted by Gasteiger charge is -2.14. The molecule has 0 aliphatic heterocycles. The van der Waals surface area contributed by atoms with Crippen LogP contribution in [0, 0.1) is 0 Å². The van der Waals surface area contributed by atoms with Crippen molar-refractivity contribution in [1.29, 1.82) is 0 Å². The molecule has 4 heteroatoms. The van der Waals surface area contributed by atoms with Crippen LogP contribution >= 0.6 is 0 Å². The Morgan fingerprint density at radius 1 is 1.05 bits per heavy atom. The van der Waals surface area contributed by atoms with E-state index in [1.54, 1.807) is 6.20 Å². The molecular weight excluding hydrogens is 274 g/mol. The minimum Gasteiger partial charge on any atom is -0.350 e. The predicted molar refractivity (Wildman–Crippen MR) is 87.0 cm³/mol. The first-order chi connectivity index (χ1) is 10.8. The molecule has 0 fully saturated rings. The standard InChI is InChI=1S/C18H17N3O/c19-16(18(22)21-12-13-6-2-1-3-7-13)17-15-9-5-4-8-14(15)10-11-20-17/h1-11,16H,12,19H2,(H,21,22). The molecule has 22 heavy (non-hydrogen) atoms. The lowest BCUT2D eigenvalue weighted by molar-refractivity contribution is -0.122. The Hall–Kier alpha value is -2.72. The molecule has 0 aliphatic rings. The van der Waals surface area contributed by atoms with Crippen LogP contribution in [0.1, 0.15) is 17.3 Å². The molecule has 3 N–H and O–H groups in total. The van der Waals surface area contributed by atoms with Crippen molar-refractivity contribution >= 4 is 16.7 Å². The second-order valence-electron chi connectivity index (χ2n) is 5.10. The summed E-state index contributed by atoms with van der Waals surface area (Å²) in [5.41, 5.74) is 7.73. The van der Waals surface area contributed by atoms with Crippen LogP contribution < -0.4 is 11.1 Å². The predicted octanol–water partition coefficient (Wildman–Crippen LogP) is 2.55. The summed E-state index contributed by atoms with van der Waals surface area (Å²) in [6.45, 7) is 0.456. The van der Waals surface area contributed by atoms with Crippen molar-refractivity contribution in [2.24, 2.45) is 5.73 Å². The quantitative estimate of drug-likeness (QED) is 0.776. The summed E-state index contributed by atoms with van der Waals surface area (Å²) in [5.74, 6) is -0.229. The first kappa shape index (κ1) is 14.2. The average Bonchev–Trinajstić information content (AvgIpc) is 2.59. The number of carbonyl (C=O) groups is 1. The third-order valence-electron chi connectivity index (χ3n) is 3.59. The maximum atomic E-state index is 12.3. The smallest absolute Gasteiger partial charge is 0.243 e. The zero-order valence-electron chi connectivity index (χ0n) is 12.1. The number of nitrogens with zero attached hydrogens (tertiary/aromatic N) is 1. The molecule has 110 valence electrons. The van der Waals surface area contributed by atoms with Crippen molar-refractivity contribution in [1.82, 2.24) is 10.3 Å². The van der Waals surface area contributed by atoms with Gasteiger partial charge in [0.15, 0.2) is 0 Å². The van der Waals surface area contributed by atoms with Crippen molar-refractivity contribution in [3.8, 4) is 0 Å². The average molecular weight is 291 g/mol. The summed E-state index contributed by atoms with van der Waals surface area (Å²) in [5, 5.41) is 4.79. The van der Waals surface area contributed by atoms with Crippen molar-refractivity contribution < 1.29 is 4.79 Å². The Balaban J connectivity index is 1.77. The van der Waals surface area contributed by atoms with Crippen LogP contribution in [0.4, 0.5) is 0 Å². The summed E-state index contributed by atoms with van der Waals surface area (Å²) < 4.78 is 0. The van der Waals surface area contributed by atoms with E-state index in [-0.39, 0.29) is 5.91 Å². The van der Waals surface area contributed by atoms with Crippen LogP contribution in [0.2, 0.25) is 0 Å². The van der Waals surface area contributed by atoms with E-state index in [2.05, 4.69) is 10.3 Å². The SMILES string of the molecule is NC(C(=O)NCc1ccccc1)c1nccc2ccccc12. The summed E-state index contributed by atoms with van der Waals surface area (Å²) in [6, 6.07) is 18.7. The lowest BCUT2D eigenvalue weighted by atomic mass is 10.0. The summed E-state index contributed by atoms with van der Waals surface area (Å²) in [7, 11) is 0. The van der Waals surface area contributed by atoms with Gasteiger partial charge in [0.25, 0.3) is 0 Å². The number of nitrogens with one attached hydrogen (secondary N) is 1. The van der Waals surface area contributed by atoms with E-state index < -0.39 is 6.04 Å². The highest BCUT2D eigenvalue weighted by Crippen LogP contribution is 2.20. The number of aromatic nitrogens is 1. The molecule has 1 aromatic heterocycles. The van der Waals surface area contributed by atoms with E-state index in [4.69, 9.17) is 5.73 Å². The van der Waals surface area contributed by atoms with Gasteiger partial charge in [-0.15, -0.1) is 0 Å². The second-order valence-corrected chi connectivity index (χ2v) is 5.10. The number of nitrogens with two attached hydrogens (primary N) is 1.